The standard InChI is InChI=1S/C6H14F2N/c1-4-9(2,3)5-6(7)8/h6H,4-5H2,1-3H3/q+1. The van der Waals surface area contributed by atoms with Gasteiger partial charge in [-0.1, -0.05) is 0 Å². The lowest BCUT2D eigenvalue weighted by atomic mass is 10.4. The van der Waals surface area contributed by atoms with Gasteiger partial charge in [-0.15, -0.1) is 0 Å². The largest absolute Gasteiger partial charge is 0.324 e. The molecule has 0 aromatic rings. The van der Waals surface area contributed by atoms with Crippen molar-refractivity contribution in [3.63, 3.8) is 0 Å². The molecule has 0 atom stereocenters. The van der Waals surface area contributed by atoms with E-state index in [0.717, 1.165) is 6.54 Å². The van der Waals surface area contributed by atoms with Gasteiger partial charge < -0.3 is 4.48 Å². The van der Waals surface area contributed by atoms with Crippen LogP contribution in [0.5, 0.6) is 0 Å². The maximum absolute atomic E-state index is 11.7. The number of hydrogen-bond acceptors (Lipinski definition) is 0. The number of alkyl halides is 2. The van der Waals surface area contributed by atoms with Gasteiger partial charge in [-0.05, 0) is 6.92 Å². The van der Waals surface area contributed by atoms with Crippen LogP contribution in [0.3, 0.4) is 0 Å². The highest BCUT2D eigenvalue weighted by molar-refractivity contribution is 4.33. The molecule has 0 spiro atoms. The Bertz CT molecular complexity index is 81.1. The van der Waals surface area contributed by atoms with Gasteiger partial charge in [-0.25, -0.2) is 8.78 Å². The van der Waals surface area contributed by atoms with Gasteiger partial charge in [0.15, 0.2) is 0 Å². The summed E-state index contributed by atoms with van der Waals surface area (Å²) in [5.41, 5.74) is 0. The summed E-state index contributed by atoms with van der Waals surface area (Å²) in [6.07, 6.45) is -2.18. The Morgan fingerprint density at radius 1 is 1.33 bits per heavy atom. The maximum Gasteiger partial charge on any atom is 0.286 e. The summed E-state index contributed by atoms with van der Waals surface area (Å²) in [7, 11) is 3.60. The normalized spacial score (nSPS) is 12.7. The molecule has 0 unspecified atom stereocenters. The number of nitrogens with zero attached hydrogens (tertiary/aromatic N) is 1. The summed E-state index contributed by atoms with van der Waals surface area (Å²) in [6, 6.07) is 0. The monoisotopic (exact) mass is 138 g/mol. The minimum Gasteiger partial charge on any atom is -0.324 e. The molecular weight excluding hydrogens is 124 g/mol. The fraction of sp³-hybridized carbons (Fsp3) is 1.00. The van der Waals surface area contributed by atoms with E-state index < -0.39 is 6.43 Å². The van der Waals surface area contributed by atoms with Crippen LogP contribution < -0.4 is 0 Å². The molecule has 56 valence electrons. The molecule has 0 amide bonds. The number of rotatable bonds is 3. The Kier molecular flexibility index (Phi) is 3.04. The van der Waals surface area contributed by atoms with E-state index in [9.17, 15) is 8.78 Å². The van der Waals surface area contributed by atoms with Gasteiger partial charge >= 0.3 is 0 Å². The molecule has 0 rings (SSSR count). The molecule has 3 heteroatoms. The topological polar surface area (TPSA) is 0 Å². The van der Waals surface area contributed by atoms with E-state index in [1.807, 2.05) is 6.92 Å². The minimum absolute atomic E-state index is 0.0451. The molecule has 0 aliphatic rings. The second kappa shape index (κ2) is 3.11. The van der Waals surface area contributed by atoms with E-state index in [4.69, 9.17) is 0 Å². The lowest BCUT2D eigenvalue weighted by Crippen LogP contribution is -2.42. The van der Waals surface area contributed by atoms with E-state index in [1.54, 1.807) is 14.1 Å². The van der Waals surface area contributed by atoms with Crippen molar-refractivity contribution in [1.29, 1.82) is 0 Å². The summed E-state index contributed by atoms with van der Waals surface area (Å²) < 4.78 is 23.8. The molecule has 0 fully saturated rings. The minimum atomic E-state index is -2.18. The van der Waals surface area contributed by atoms with Crippen LogP contribution in [0.15, 0.2) is 0 Å². The van der Waals surface area contributed by atoms with Gasteiger partial charge in [-0.2, -0.15) is 0 Å². The molecule has 1 nitrogen and oxygen atoms in total. The Labute approximate surface area is 54.9 Å². The van der Waals surface area contributed by atoms with Gasteiger partial charge in [0.1, 0.15) is 6.54 Å². The predicted molar refractivity (Wildman–Crippen MR) is 33.5 cm³/mol. The number of halogens is 2. The van der Waals surface area contributed by atoms with Crippen molar-refractivity contribution in [2.45, 2.75) is 13.3 Å². The summed E-state index contributed by atoms with van der Waals surface area (Å²) in [4.78, 5) is 0. The lowest BCUT2D eigenvalue weighted by molar-refractivity contribution is -0.892. The van der Waals surface area contributed by atoms with Crippen molar-refractivity contribution in [3.05, 3.63) is 0 Å². The van der Waals surface area contributed by atoms with Crippen LogP contribution in [0.1, 0.15) is 6.92 Å². The number of hydrogen-bond donors (Lipinski definition) is 0. The second-order valence-electron chi connectivity index (χ2n) is 2.83. The first kappa shape index (κ1) is 8.82. The van der Waals surface area contributed by atoms with Crippen molar-refractivity contribution in [2.75, 3.05) is 27.2 Å². The van der Waals surface area contributed by atoms with E-state index in [1.165, 1.54) is 0 Å². The zero-order valence-electron chi connectivity index (χ0n) is 6.19. The third kappa shape index (κ3) is 4.33. The van der Waals surface area contributed by atoms with Crippen molar-refractivity contribution >= 4 is 0 Å². The Balaban J connectivity index is 3.58. The van der Waals surface area contributed by atoms with Gasteiger partial charge in [-0.3, -0.25) is 0 Å². The molecule has 0 N–H and O–H groups in total. The Morgan fingerprint density at radius 2 is 1.78 bits per heavy atom. The van der Waals surface area contributed by atoms with Gasteiger partial charge in [0.25, 0.3) is 6.43 Å². The smallest absolute Gasteiger partial charge is 0.286 e. The highest BCUT2D eigenvalue weighted by Gasteiger charge is 2.18. The molecule has 0 aliphatic carbocycles. The molecule has 0 saturated carbocycles. The average Bonchev–Trinajstić information content (AvgIpc) is 1.63. The van der Waals surface area contributed by atoms with Crippen LogP contribution >= 0.6 is 0 Å². The van der Waals surface area contributed by atoms with Crippen LogP contribution in [-0.4, -0.2) is 38.1 Å². The van der Waals surface area contributed by atoms with Gasteiger partial charge in [0, 0.05) is 0 Å². The van der Waals surface area contributed by atoms with Crippen LogP contribution in [0.2, 0.25) is 0 Å². The highest BCUT2D eigenvalue weighted by Crippen LogP contribution is 2.02. The molecule has 0 bridgehead atoms. The fourth-order valence-electron chi connectivity index (χ4n) is 0.503. The third-order valence-corrected chi connectivity index (χ3v) is 1.49. The van der Waals surface area contributed by atoms with Crippen LogP contribution in [-0.2, 0) is 0 Å². The van der Waals surface area contributed by atoms with Gasteiger partial charge in [0.05, 0.1) is 20.6 Å². The fourth-order valence-corrected chi connectivity index (χ4v) is 0.503. The SMILES string of the molecule is CC[N+](C)(C)CC(F)F. The molecular formula is C6H14F2N+. The summed E-state index contributed by atoms with van der Waals surface area (Å²) in [5.74, 6) is 0. The van der Waals surface area contributed by atoms with E-state index in [2.05, 4.69) is 0 Å². The van der Waals surface area contributed by atoms with Gasteiger partial charge in [0.2, 0.25) is 0 Å². The molecule has 9 heavy (non-hydrogen) atoms. The average molecular weight is 138 g/mol. The third-order valence-electron chi connectivity index (χ3n) is 1.49. The summed E-state index contributed by atoms with van der Waals surface area (Å²) in [5, 5.41) is 0. The first-order valence-corrected chi connectivity index (χ1v) is 3.08. The lowest BCUT2D eigenvalue weighted by Gasteiger charge is -2.27. The Hall–Kier alpha value is -0.180. The van der Waals surface area contributed by atoms with Crippen molar-refractivity contribution in [2.24, 2.45) is 0 Å². The van der Waals surface area contributed by atoms with E-state index in [-0.39, 0.29) is 6.54 Å². The molecule has 0 radical (unpaired) electrons. The summed E-state index contributed by atoms with van der Waals surface area (Å²) >= 11 is 0. The molecule has 0 heterocycles. The molecule has 0 aromatic carbocycles. The maximum atomic E-state index is 11.7. The quantitative estimate of drug-likeness (QED) is 0.516. The van der Waals surface area contributed by atoms with Crippen LogP contribution in [0.25, 0.3) is 0 Å². The zero-order valence-corrected chi connectivity index (χ0v) is 6.19. The zero-order chi connectivity index (χ0) is 7.49. The van der Waals surface area contributed by atoms with Crippen molar-refractivity contribution < 1.29 is 13.3 Å². The highest BCUT2D eigenvalue weighted by atomic mass is 19.3. The first-order chi connectivity index (χ1) is 3.98. The van der Waals surface area contributed by atoms with Crippen LogP contribution in [0.4, 0.5) is 8.78 Å². The first-order valence-electron chi connectivity index (χ1n) is 3.08. The summed E-state index contributed by atoms with van der Waals surface area (Å²) in [6.45, 7) is 2.61. The molecule has 0 aromatic heterocycles. The molecule has 0 saturated heterocycles. The number of quaternary nitrogens is 1. The van der Waals surface area contributed by atoms with Crippen molar-refractivity contribution in [3.8, 4) is 0 Å². The predicted octanol–water partition coefficient (Wildman–Crippen LogP) is 1.35. The second-order valence-corrected chi connectivity index (χ2v) is 2.83. The van der Waals surface area contributed by atoms with Crippen molar-refractivity contribution in [1.82, 2.24) is 0 Å². The Morgan fingerprint density at radius 3 is 1.89 bits per heavy atom. The van der Waals surface area contributed by atoms with E-state index >= 15 is 0 Å². The molecule has 0 aliphatic heterocycles. The van der Waals surface area contributed by atoms with E-state index in [0.29, 0.717) is 4.48 Å². The van der Waals surface area contributed by atoms with Crippen LogP contribution in [0, 0.1) is 0 Å².